The number of halogens is 1. The molecular weight excluding hydrogens is 308 g/mol. The Kier molecular flexibility index (Phi) is 3.56. The molecule has 0 unspecified atom stereocenters. The SMILES string of the molecule is Brc1cn2c(CNCCn3ccnc3)cnc2cn1. The molecule has 3 rings (SSSR count). The van der Waals surface area contributed by atoms with Crippen LogP contribution in [0.25, 0.3) is 5.65 Å². The maximum atomic E-state index is 4.31. The summed E-state index contributed by atoms with van der Waals surface area (Å²) in [5.74, 6) is 0. The van der Waals surface area contributed by atoms with Crippen LogP contribution in [0.2, 0.25) is 0 Å². The lowest BCUT2D eigenvalue weighted by Gasteiger charge is -2.05. The zero-order valence-corrected chi connectivity index (χ0v) is 11.8. The van der Waals surface area contributed by atoms with Crippen LogP contribution in [-0.4, -0.2) is 30.5 Å². The second-order valence-corrected chi connectivity index (χ2v) is 4.98. The Balaban J connectivity index is 1.60. The molecule has 3 aromatic rings. The van der Waals surface area contributed by atoms with Gasteiger partial charge in [-0.1, -0.05) is 0 Å². The topological polar surface area (TPSA) is 60.0 Å². The second-order valence-electron chi connectivity index (χ2n) is 4.17. The van der Waals surface area contributed by atoms with Crippen LogP contribution >= 0.6 is 15.9 Å². The average Bonchev–Trinajstić information content (AvgIpc) is 3.04. The summed E-state index contributed by atoms with van der Waals surface area (Å²) in [6.07, 6.45) is 11.1. The van der Waals surface area contributed by atoms with Gasteiger partial charge in [0.05, 0.1) is 24.4 Å². The Morgan fingerprint density at radius 1 is 1.26 bits per heavy atom. The lowest BCUT2D eigenvalue weighted by Crippen LogP contribution is -2.19. The standard InChI is InChI=1S/C12H13BrN6/c13-11-8-19-10(6-17-12(19)7-16-11)5-14-1-3-18-4-2-15-9-18/h2,4,6-9,14H,1,3,5H2. The minimum Gasteiger partial charge on any atom is -0.336 e. The summed E-state index contributed by atoms with van der Waals surface area (Å²) in [7, 11) is 0. The largest absolute Gasteiger partial charge is 0.336 e. The zero-order chi connectivity index (χ0) is 13.1. The maximum Gasteiger partial charge on any atom is 0.155 e. The number of fused-ring (bicyclic) bond motifs is 1. The fourth-order valence-electron chi connectivity index (χ4n) is 1.89. The van der Waals surface area contributed by atoms with Crippen LogP contribution in [0.3, 0.4) is 0 Å². The van der Waals surface area contributed by atoms with E-state index in [4.69, 9.17) is 0 Å². The highest BCUT2D eigenvalue weighted by Crippen LogP contribution is 2.10. The van der Waals surface area contributed by atoms with Crippen LogP contribution in [0.5, 0.6) is 0 Å². The summed E-state index contributed by atoms with van der Waals surface area (Å²) in [4.78, 5) is 12.5. The summed E-state index contributed by atoms with van der Waals surface area (Å²) >= 11 is 3.37. The molecule has 7 heteroatoms. The summed E-state index contributed by atoms with van der Waals surface area (Å²) in [6, 6.07) is 0. The minimum atomic E-state index is 0.770. The molecule has 0 bridgehead atoms. The fraction of sp³-hybridized carbons (Fsp3) is 0.250. The average molecular weight is 321 g/mol. The van der Waals surface area contributed by atoms with Crippen LogP contribution in [0.4, 0.5) is 0 Å². The molecule has 0 saturated heterocycles. The molecule has 0 spiro atoms. The van der Waals surface area contributed by atoms with Crippen molar-refractivity contribution < 1.29 is 0 Å². The molecule has 6 nitrogen and oxygen atoms in total. The first-order valence-electron chi connectivity index (χ1n) is 5.97. The predicted molar refractivity (Wildman–Crippen MR) is 74.6 cm³/mol. The van der Waals surface area contributed by atoms with Crippen LogP contribution in [0.15, 0.2) is 41.9 Å². The molecule has 1 N–H and O–H groups in total. The van der Waals surface area contributed by atoms with Crippen molar-refractivity contribution in [2.24, 2.45) is 0 Å². The molecule has 0 fully saturated rings. The normalized spacial score (nSPS) is 11.2. The monoisotopic (exact) mass is 320 g/mol. The molecule has 0 radical (unpaired) electrons. The number of aromatic nitrogens is 5. The molecule has 3 aromatic heterocycles. The molecule has 0 aliphatic heterocycles. The Morgan fingerprint density at radius 3 is 3.05 bits per heavy atom. The van der Waals surface area contributed by atoms with Gasteiger partial charge in [-0.15, -0.1) is 0 Å². The Labute approximate surface area is 118 Å². The van der Waals surface area contributed by atoms with E-state index in [0.29, 0.717) is 0 Å². The maximum absolute atomic E-state index is 4.31. The van der Waals surface area contributed by atoms with Crippen molar-refractivity contribution >= 4 is 21.6 Å². The molecule has 0 aromatic carbocycles. The molecule has 0 saturated carbocycles. The van der Waals surface area contributed by atoms with Crippen LogP contribution < -0.4 is 5.32 Å². The molecule has 0 amide bonds. The van der Waals surface area contributed by atoms with Gasteiger partial charge in [-0.25, -0.2) is 15.0 Å². The van der Waals surface area contributed by atoms with Crippen molar-refractivity contribution in [3.63, 3.8) is 0 Å². The molecule has 0 atom stereocenters. The summed E-state index contributed by atoms with van der Waals surface area (Å²) < 4.78 is 4.88. The van der Waals surface area contributed by atoms with E-state index in [0.717, 1.165) is 35.6 Å². The van der Waals surface area contributed by atoms with E-state index in [1.165, 1.54) is 0 Å². The molecule has 0 aliphatic rings. The summed E-state index contributed by atoms with van der Waals surface area (Å²) in [6.45, 7) is 2.56. The molecule has 19 heavy (non-hydrogen) atoms. The summed E-state index contributed by atoms with van der Waals surface area (Å²) in [5.41, 5.74) is 1.97. The third kappa shape index (κ3) is 2.82. The van der Waals surface area contributed by atoms with Gasteiger partial charge in [-0.3, -0.25) is 4.40 Å². The Hall–Kier alpha value is -1.73. The van der Waals surface area contributed by atoms with E-state index in [9.17, 15) is 0 Å². The minimum absolute atomic E-state index is 0.770. The van der Waals surface area contributed by atoms with Gasteiger partial charge < -0.3 is 9.88 Å². The number of nitrogens with one attached hydrogen (secondary N) is 1. The van der Waals surface area contributed by atoms with Gasteiger partial charge >= 0.3 is 0 Å². The quantitative estimate of drug-likeness (QED) is 0.723. The van der Waals surface area contributed by atoms with Crippen molar-refractivity contribution in [1.29, 1.82) is 0 Å². The highest BCUT2D eigenvalue weighted by molar-refractivity contribution is 9.10. The van der Waals surface area contributed by atoms with Gasteiger partial charge in [0.25, 0.3) is 0 Å². The number of nitrogens with zero attached hydrogens (tertiary/aromatic N) is 5. The highest BCUT2D eigenvalue weighted by Gasteiger charge is 2.03. The predicted octanol–water partition coefficient (Wildman–Crippen LogP) is 1.48. The van der Waals surface area contributed by atoms with Gasteiger partial charge in [0.1, 0.15) is 4.60 Å². The molecular formula is C12H13BrN6. The van der Waals surface area contributed by atoms with Gasteiger partial charge in [0.2, 0.25) is 0 Å². The number of hydrogen-bond donors (Lipinski definition) is 1. The van der Waals surface area contributed by atoms with Gasteiger partial charge in [0.15, 0.2) is 5.65 Å². The third-order valence-electron chi connectivity index (χ3n) is 2.85. The van der Waals surface area contributed by atoms with Crippen LogP contribution in [0.1, 0.15) is 5.69 Å². The van der Waals surface area contributed by atoms with E-state index in [1.54, 1.807) is 12.4 Å². The fourth-order valence-corrected chi connectivity index (χ4v) is 2.20. The number of hydrogen-bond acceptors (Lipinski definition) is 4. The van der Waals surface area contributed by atoms with E-state index >= 15 is 0 Å². The van der Waals surface area contributed by atoms with Crippen molar-refractivity contribution in [3.05, 3.63) is 47.6 Å². The first-order chi connectivity index (χ1) is 9.33. The van der Waals surface area contributed by atoms with E-state index in [-0.39, 0.29) is 0 Å². The second kappa shape index (κ2) is 5.50. The third-order valence-corrected chi connectivity index (χ3v) is 3.26. The Bertz CT molecular complexity index is 660. The van der Waals surface area contributed by atoms with Crippen LogP contribution in [0, 0.1) is 0 Å². The van der Waals surface area contributed by atoms with Crippen molar-refractivity contribution in [2.75, 3.05) is 6.54 Å². The molecule has 98 valence electrons. The van der Waals surface area contributed by atoms with E-state index in [2.05, 4.69) is 36.2 Å². The lowest BCUT2D eigenvalue weighted by atomic mass is 10.4. The summed E-state index contributed by atoms with van der Waals surface area (Å²) in [5, 5.41) is 3.39. The van der Waals surface area contributed by atoms with E-state index < -0.39 is 0 Å². The zero-order valence-electron chi connectivity index (χ0n) is 10.2. The smallest absolute Gasteiger partial charge is 0.155 e. The van der Waals surface area contributed by atoms with Crippen LogP contribution in [-0.2, 0) is 13.1 Å². The lowest BCUT2D eigenvalue weighted by molar-refractivity contribution is 0.590. The Morgan fingerprint density at radius 2 is 2.21 bits per heavy atom. The number of rotatable bonds is 5. The highest BCUT2D eigenvalue weighted by atomic mass is 79.9. The van der Waals surface area contributed by atoms with Crippen molar-refractivity contribution in [2.45, 2.75) is 13.1 Å². The first kappa shape index (κ1) is 12.3. The van der Waals surface area contributed by atoms with E-state index in [1.807, 2.05) is 33.9 Å². The van der Waals surface area contributed by atoms with Crippen molar-refractivity contribution in [3.8, 4) is 0 Å². The molecule has 0 aliphatic carbocycles. The van der Waals surface area contributed by atoms with Gasteiger partial charge in [-0.2, -0.15) is 0 Å². The first-order valence-corrected chi connectivity index (χ1v) is 6.76. The van der Waals surface area contributed by atoms with Crippen molar-refractivity contribution in [1.82, 2.24) is 29.2 Å². The van der Waals surface area contributed by atoms with Gasteiger partial charge in [0, 0.05) is 38.2 Å². The molecule has 3 heterocycles. The van der Waals surface area contributed by atoms with Gasteiger partial charge in [-0.05, 0) is 15.9 Å². The number of imidazole rings is 2.